The van der Waals surface area contributed by atoms with Gasteiger partial charge in [0, 0.05) is 61.9 Å². The average Bonchev–Trinajstić information content (AvgIpc) is 3.93. The molecule has 1 spiro atoms. The van der Waals surface area contributed by atoms with Gasteiger partial charge in [-0.2, -0.15) is 0 Å². The first-order valence-corrected chi connectivity index (χ1v) is 18.4. The molecule has 1 aliphatic carbocycles. The highest BCUT2D eigenvalue weighted by molar-refractivity contribution is 5.98. The van der Waals surface area contributed by atoms with Crippen molar-refractivity contribution in [2.75, 3.05) is 37.6 Å². The van der Waals surface area contributed by atoms with E-state index in [9.17, 15) is 9.59 Å². The second-order valence-corrected chi connectivity index (χ2v) is 14.4. The van der Waals surface area contributed by atoms with Crippen molar-refractivity contribution in [3.8, 4) is 0 Å². The van der Waals surface area contributed by atoms with Crippen molar-refractivity contribution in [3.63, 3.8) is 0 Å². The zero-order valence-electron chi connectivity index (χ0n) is 28.6. The Labute approximate surface area is 295 Å². The summed E-state index contributed by atoms with van der Waals surface area (Å²) in [6.07, 6.45) is 5.19. The number of carbonyl (C=O) groups excluding carboxylic acids is 2. The molecule has 50 heavy (non-hydrogen) atoms. The summed E-state index contributed by atoms with van der Waals surface area (Å²) in [4.78, 5) is 33.1. The van der Waals surface area contributed by atoms with E-state index in [-0.39, 0.29) is 29.7 Å². The van der Waals surface area contributed by atoms with Gasteiger partial charge in [0.1, 0.15) is 5.54 Å². The van der Waals surface area contributed by atoms with Crippen LogP contribution in [0.4, 0.5) is 5.69 Å². The molecule has 0 aromatic heterocycles. The molecule has 6 nitrogen and oxygen atoms in total. The largest absolute Gasteiger partial charge is 0.371 e. The van der Waals surface area contributed by atoms with Gasteiger partial charge in [0.05, 0.1) is 0 Å². The van der Waals surface area contributed by atoms with Gasteiger partial charge in [-0.3, -0.25) is 14.9 Å². The Morgan fingerprint density at radius 3 is 2.16 bits per heavy atom. The van der Waals surface area contributed by atoms with Gasteiger partial charge in [0.2, 0.25) is 5.91 Å². The van der Waals surface area contributed by atoms with E-state index in [0.29, 0.717) is 25.2 Å². The van der Waals surface area contributed by atoms with E-state index >= 15 is 0 Å². The van der Waals surface area contributed by atoms with E-state index in [2.05, 4.69) is 99.3 Å². The van der Waals surface area contributed by atoms with Crippen LogP contribution in [0, 0.1) is 0 Å². The Kier molecular flexibility index (Phi) is 9.12. The lowest BCUT2D eigenvalue weighted by Crippen LogP contribution is -2.52. The van der Waals surface area contributed by atoms with Crippen LogP contribution < -0.4 is 15.5 Å². The molecule has 254 valence electrons. The first kappa shape index (κ1) is 32.3. The number of nitrogens with one attached hydrogen (secondary N) is 2. The number of nitrogens with zero attached hydrogens (tertiary/aromatic N) is 2. The predicted molar refractivity (Wildman–Crippen MR) is 202 cm³/mol. The molecule has 3 fully saturated rings. The summed E-state index contributed by atoms with van der Waals surface area (Å²) in [6, 6.07) is 43.8. The summed E-state index contributed by atoms with van der Waals surface area (Å²) < 4.78 is 0. The van der Waals surface area contributed by atoms with E-state index in [1.807, 2.05) is 48.5 Å². The zero-order valence-corrected chi connectivity index (χ0v) is 28.6. The van der Waals surface area contributed by atoms with Crippen LogP contribution in [0.5, 0.6) is 0 Å². The number of carbonyl (C=O) groups is 2. The van der Waals surface area contributed by atoms with Gasteiger partial charge in [-0.1, -0.05) is 109 Å². The van der Waals surface area contributed by atoms with Crippen LogP contribution in [0.3, 0.4) is 0 Å². The molecule has 2 heterocycles. The summed E-state index contributed by atoms with van der Waals surface area (Å²) in [5.41, 5.74) is 4.89. The molecule has 2 N–H and O–H groups in total. The minimum atomic E-state index is -0.710. The number of piperidine rings is 1. The topological polar surface area (TPSA) is 64.7 Å². The fraction of sp³-hybridized carbons (Fsp3) is 0.318. The molecule has 5 aromatic rings. The van der Waals surface area contributed by atoms with E-state index < -0.39 is 5.54 Å². The van der Waals surface area contributed by atoms with Crippen molar-refractivity contribution in [3.05, 3.63) is 150 Å². The number of benzene rings is 5. The Hall–Kier alpha value is -4.94. The Morgan fingerprint density at radius 2 is 1.42 bits per heavy atom. The summed E-state index contributed by atoms with van der Waals surface area (Å²) in [7, 11) is 0. The number of anilines is 1. The van der Waals surface area contributed by atoms with Gasteiger partial charge in [0.15, 0.2) is 0 Å². The Balaban J connectivity index is 1.08. The van der Waals surface area contributed by atoms with Crippen molar-refractivity contribution in [1.29, 1.82) is 0 Å². The molecule has 6 heteroatoms. The number of para-hydroxylation sites is 1. The van der Waals surface area contributed by atoms with Crippen LogP contribution in [0.25, 0.3) is 10.8 Å². The molecule has 2 saturated heterocycles. The predicted octanol–water partition coefficient (Wildman–Crippen LogP) is 7.51. The van der Waals surface area contributed by atoms with E-state index in [1.54, 1.807) is 0 Å². The van der Waals surface area contributed by atoms with E-state index in [4.69, 9.17) is 0 Å². The fourth-order valence-electron chi connectivity index (χ4n) is 8.40. The first-order valence-electron chi connectivity index (χ1n) is 18.4. The Morgan fingerprint density at radius 1 is 0.760 bits per heavy atom. The second-order valence-electron chi connectivity index (χ2n) is 14.4. The molecule has 3 aliphatic rings. The maximum atomic E-state index is 15.0. The third-order valence-corrected chi connectivity index (χ3v) is 11.2. The molecule has 2 amide bonds. The van der Waals surface area contributed by atoms with Crippen LogP contribution in [0.15, 0.2) is 127 Å². The molecule has 2 unspecified atom stereocenters. The SMILES string of the molecule is O=C(NC[C@@H]1CCN(CC(c2ccccc2)c2ccccc2)C(=O)C2(CC2c2ccccc2N2CCCCC2)N1)c1ccc2ccccc2c1. The fourth-order valence-corrected chi connectivity index (χ4v) is 8.40. The highest BCUT2D eigenvalue weighted by atomic mass is 16.2. The molecule has 0 bridgehead atoms. The molecule has 5 aromatic carbocycles. The van der Waals surface area contributed by atoms with Crippen LogP contribution in [0.1, 0.15) is 71.0 Å². The van der Waals surface area contributed by atoms with Crippen LogP contribution in [-0.2, 0) is 4.79 Å². The molecule has 2 aliphatic heterocycles. The van der Waals surface area contributed by atoms with Gasteiger partial charge in [0.25, 0.3) is 5.91 Å². The lowest BCUT2D eigenvalue weighted by atomic mass is 9.90. The number of hydrogen-bond acceptors (Lipinski definition) is 4. The van der Waals surface area contributed by atoms with Crippen molar-refractivity contribution < 1.29 is 9.59 Å². The monoisotopic (exact) mass is 662 g/mol. The molecular formula is C44H46N4O2. The lowest BCUT2D eigenvalue weighted by Gasteiger charge is -2.32. The number of amides is 2. The van der Waals surface area contributed by atoms with Gasteiger partial charge < -0.3 is 15.1 Å². The van der Waals surface area contributed by atoms with Crippen molar-refractivity contribution in [2.24, 2.45) is 0 Å². The highest BCUT2D eigenvalue weighted by Gasteiger charge is 2.64. The van der Waals surface area contributed by atoms with Crippen molar-refractivity contribution in [2.45, 2.75) is 55.5 Å². The molecular weight excluding hydrogens is 617 g/mol. The number of hydrogen-bond donors (Lipinski definition) is 2. The smallest absolute Gasteiger partial charge is 0.251 e. The standard InChI is InChI=1S/C44H46N4O2/c49-42(36-23-22-32-14-8-9-19-35(32)28-36)45-30-37-24-27-48(31-39(33-15-4-1-5-16-33)34-17-6-2-7-18-34)43(50)44(46-37)29-40(44)38-20-10-11-21-41(38)47-25-12-3-13-26-47/h1-2,4-11,14-23,28,37,39-40,46H,3,12-13,24-27,29-31H2,(H,45,49)/t37-,40?,44?/m0/s1. The minimum absolute atomic E-state index is 0.0487. The second kappa shape index (κ2) is 14.1. The normalized spacial score (nSPS) is 22.1. The number of rotatable bonds is 9. The van der Waals surface area contributed by atoms with Gasteiger partial charge in [-0.25, -0.2) is 0 Å². The van der Waals surface area contributed by atoms with Crippen LogP contribution in [0.2, 0.25) is 0 Å². The minimum Gasteiger partial charge on any atom is -0.371 e. The zero-order chi connectivity index (χ0) is 33.9. The molecule has 3 atom stereocenters. The summed E-state index contributed by atoms with van der Waals surface area (Å²) in [5.74, 6) is 0.214. The molecule has 8 rings (SSSR count). The van der Waals surface area contributed by atoms with Crippen LogP contribution in [-0.4, -0.2) is 61.0 Å². The quantitative estimate of drug-likeness (QED) is 0.172. The summed E-state index contributed by atoms with van der Waals surface area (Å²) >= 11 is 0. The van der Waals surface area contributed by atoms with Crippen LogP contribution >= 0.6 is 0 Å². The Bertz CT molecular complexity index is 1920. The molecule has 1 saturated carbocycles. The summed E-state index contributed by atoms with van der Waals surface area (Å²) in [5, 5.41) is 9.28. The van der Waals surface area contributed by atoms with Gasteiger partial charge in [-0.15, -0.1) is 0 Å². The highest BCUT2D eigenvalue weighted by Crippen LogP contribution is 2.56. The van der Waals surface area contributed by atoms with Crippen molar-refractivity contribution in [1.82, 2.24) is 15.5 Å². The van der Waals surface area contributed by atoms with Gasteiger partial charge in [-0.05, 0) is 77.8 Å². The lowest BCUT2D eigenvalue weighted by molar-refractivity contribution is -0.134. The third-order valence-electron chi connectivity index (χ3n) is 11.2. The number of fused-ring (bicyclic) bond motifs is 1. The van der Waals surface area contributed by atoms with E-state index in [1.165, 1.54) is 41.6 Å². The van der Waals surface area contributed by atoms with Crippen molar-refractivity contribution >= 4 is 28.3 Å². The average molecular weight is 663 g/mol. The maximum absolute atomic E-state index is 15.0. The summed E-state index contributed by atoms with van der Waals surface area (Å²) in [6.45, 7) is 3.80. The van der Waals surface area contributed by atoms with Gasteiger partial charge >= 0.3 is 0 Å². The first-order chi connectivity index (χ1) is 24.6. The third kappa shape index (κ3) is 6.52. The molecule has 0 radical (unpaired) electrons. The maximum Gasteiger partial charge on any atom is 0.251 e. The van der Waals surface area contributed by atoms with E-state index in [0.717, 1.165) is 36.7 Å².